The highest BCUT2D eigenvalue weighted by Crippen LogP contribution is 2.33. The van der Waals surface area contributed by atoms with E-state index < -0.39 is 0 Å². The van der Waals surface area contributed by atoms with Crippen LogP contribution in [0.25, 0.3) is 0 Å². The number of ether oxygens (including phenoxy) is 1. The van der Waals surface area contributed by atoms with Crippen LogP contribution in [-0.4, -0.2) is 36.7 Å². The zero-order chi connectivity index (χ0) is 13.9. The Hall–Kier alpha value is -1.06. The topological polar surface area (TPSA) is 24.5 Å². The maximum Gasteiger partial charge on any atom is 0.124 e. The molecule has 1 unspecified atom stereocenters. The number of nitrogens with zero attached hydrogens (tertiary/aromatic N) is 1. The second-order valence-electron chi connectivity index (χ2n) is 5.83. The third-order valence-corrected chi connectivity index (χ3v) is 4.00. The van der Waals surface area contributed by atoms with Crippen LogP contribution in [0.3, 0.4) is 0 Å². The Labute approximate surface area is 116 Å². The summed E-state index contributed by atoms with van der Waals surface area (Å²) in [6, 6.07) is 8.78. The van der Waals surface area contributed by atoms with Crippen LogP contribution in [-0.2, 0) is 0 Å². The SMILES string of the molecule is CCOc1ccccc1C(C)N1CCNCC1(C)C. The summed E-state index contributed by atoms with van der Waals surface area (Å²) in [6.45, 7) is 12.8. The van der Waals surface area contributed by atoms with E-state index in [4.69, 9.17) is 4.74 Å². The van der Waals surface area contributed by atoms with Crippen LogP contribution in [0.5, 0.6) is 5.75 Å². The second-order valence-corrected chi connectivity index (χ2v) is 5.83. The van der Waals surface area contributed by atoms with Gasteiger partial charge >= 0.3 is 0 Å². The van der Waals surface area contributed by atoms with Gasteiger partial charge in [-0.1, -0.05) is 18.2 Å². The summed E-state index contributed by atoms with van der Waals surface area (Å²) in [4.78, 5) is 2.57. The van der Waals surface area contributed by atoms with Crippen molar-refractivity contribution in [3.8, 4) is 5.75 Å². The monoisotopic (exact) mass is 262 g/mol. The molecule has 0 bridgehead atoms. The van der Waals surface area contributed by atoms with Crippen molar-refractivity contribution in [2.24, 2.45) is 0 Å². The quantitative estimate of drug-likeness (QED) is 0.903. The van der Waals surface area contributed by atoms with E-state index in [2.05, 4.69) is 49.2 Å². The molecule has 0 aliphatic carbocycles. The molecule has 1 N–H and O–H groups in total. The molecule has 3 heteroatoms. The van der Waals surface area contributed by atoms with Gasteiger partial charge in [-0.2, -0.15) is 0 Å². The fourth-order valence-electron chi connectivity index (χ4n) is 3.00. The van der Waals surface area contributed by atoms with E-state index in [1.807, 2.05) is 13.0 Å². The molecular weight excluding hydrogens is 236 g/mol. The van der Waals surface area contributed by atoms with Gasteiger partial charge in [-0.25, -0.2) is 0 Å². The van der Waals surface area contributed by atoms with Gasteiger partial charge < -0.3 is 10.1 Å². The zero-order valence-corrected chi connectivity index (χ0v) is 12.6. The number of piperazine rings is 1. The lowest BCUT2D eigenvalue weighted by Crippen LogP contribution is -2.58. The summed E-state index contributed by atoms with van der Waals surface area (Å²) < 4.78 is 5.77. The van der Waals surface area contributed by atoms with Crippen LogP contribution < -0.4 is 10.1 Å². The Morgan fingerprint density at radius 3 is 2.79 bits per heavy atom. The molecule has 1 aliphatic rings. The van der Waals surface area contributed by atoms with Gasteiger partial charge in [-0.3, -0.25) is 4.90 Å². The molecule has 1 aliphatic heterocycles. The van der Waals surface area contributed by atoms with Crippen LogP contribution in [0, 0.1) is 0 Å². The van der Waals surface area contributed by atoms with Gasteiger partial charge in [0.1, 0.15) is 5.75 Å². The summed E-state index contributed by atoms with van der Waals surface area (Å²) in [6.07, 6.45) is 0. The lowest BCUT2D eigenvalue weighted by molar-refractivity contribution is 0.0505. The summed E-state index contributed by atoms with van der Waals surface area (Å²) in [7, 11) is 0. The number of para-hydroxylation sites is 1. The lowest BCUT2D eigenvalue weighted by atomic mass is 9.94. The molecule has 0 saturated carbocycles. The van der Waals surface area contributed by atoms with E-state index in [0.717, 1.165) is 25.4 Å². The van der Waals surface area contributed by atoms with Crippen LogP contribution in [0.2, 0.25) is 0 Å². The Kier molecular flexibility index (Phi) is 4.48. The van der Waals surface area contributed by atoms with Gasteiger partial charge in [-0.05, 0) is 33.8 Å². The Bertz CT molecular complexity index is 417. The van der Waals surface area contributed by atoms with Gasteiger partial charge in [0.15, 0.2) is 0 Å². The van der Waals surface area contributed by atoms with Crippen molar-refractivity contribution >= 4 is 0 Å². The standard InChI is InChI=1S/C16H26N2O/c1-5-19-15-9-7-6-8-14(15)13(2)18-11-10-17-12-16(18,3)4/h6-9,13,17H,5,10-12H2,1-4H3. The molecule has 3 nitrogen and oxygen atoms in total. The van der Waals surface area contributed by atoms with E-state index in [-0.39, 0.29) is 5.54 Å². The summed E-state index contributed by atoms with van der Waals surface area (Å²) in [5.74, 6) is 1.02. The molecular formula is C16H26N2O. The van der Waals surface area contributed by atoms with Crippen molar-refractivity contribution < 1.29 is 4.74 Å². The first-order valence-electron chi connectivity index (χ1n) is 7.25. The van der Waals surface area contributed by atoms with E-state index in [1.165, 1.54) is 5.56 Å². The van der Waals surface area contributed by atoms with E-state index >= 15 is 0 Å². The summed E-state index contributed by atoms with van der Waals surface area (Å²) in [5, 5.41) is 3.48. The average molecular weight is 262 g/mol. The number of hydrogen-bond acceptors (Lipinski definition) is 3. The number of benzene rings is 1. The molecule has 1 heterocycles. The van der Waals surface area contributed by atoms with E-state index in [0.29, 0.717) is 12.6 Å². The van der Waals surface area contributed by atoms with Gasteiger partial charge in [0.05, 0.1) is 6.61 Å². The highest BCUT2D eigenvalue weighted by atomic mass is 16.5. The van der Waals surface area contributed by atoms with Crippen molar-refractivity contribution in [2.75, 3.05) is 26.2 Å². The first-order chi connectivity index (χ1) is 9.06. The smallest absolute Gasteiger partial charge is 0.124 e. The third-order valence-electron chi connectivity index (χ3n) is 4.00. The van der Waals surface area contributed by atoms with Crippen molar-refractivity contribution in [3.05, 3.63) is 29.8 Å². The minimum absolute atomic E-state index is 0.178. The molecule has 1 saturated heterocycles. The first-order valence-corrected chi connectivity index (χ1v) is 7.25. The molecule has 1 aromatic carbocycles. The van der Waals surface area contributed by atoms with Crippen LogP contribution in [0.4, 0.5) is 0 Å². The van der Waals surface area contributed by atoms with Crippen molar-refractivity contribution in [1.82, 2.24) is 10.2 Å². The van der Waals surface area contributed by atoms with Gasteiger partial charge in [-0.15, -0.1) is 0 Å². The Morgan fingerprint density at radius 2 is 2.11 bits per heavy atom. The van der Waals surface area contributed by atoms with Crippen molar-refractivity contribution in [2.45, 2.75) is 39.3 Å². The Balaban J connectivity index is 2.25. The molecule has 1 aromatic rings. The fraction of sp³-hybridized carbons (Fsp3) is 0.625. The third kappa shape index (κ3) is 3.10. The number of rotatable bonds is 4. The normalized spacial score (nSPS) is 21.1. The van der Waals surface area contributed by atoms with Crippen molar-refractivity contribution in [1.29, 1.82) is 0 Å². The summed E-state index contributed by atoms with van der Waals surface area (Å²) in [5.41, 5.74) is 1.47. The summed E-state index contributed by atoms with van der Waals surface area (Å²) >= 11 is 0. The number of nitrogens with one attached hydrogen (secondary N) is 1. The maximum atomic E-state index is 5.77. The second kappa shape index (κ2) is 5.93. The highest BCUT2D eigenvalue weighted by molar-refractivity contribution is 5.36. The largest absolute Gasteiger partial charge is 0.494 e. The van der Waals surface area contributed by atoms with E-state index in [1.54, 1.807) is 0 Å². The average Bonchev–Trinajstić information content (AvgIpc) is 2.38. The first kappa shape index (κ1) is 14.4. The Morgan fingerprint density at radius 1 is 1.37 bits per heavy atom. The van der Waals surface area contributed by atoms with Crippen LogP contribution >= 0.6 is 0 Å². The minimum atomic E-state index is 0.178. The molecule has 1 fully saturated rings. The fourth-order valence-corrected chi connectivity index (χ4v) is 3.00. The van der Waals surface area contributed by atoms with E-state index in [9.17, 15) is 0 Å². The molecule has 0 radical (unpaired) electrons. The lowest BCUT2D eigenvalue weighted by Gasteiger charge is -2.46. The minimum Gasteiger partial charge on any atom is -0.494 e. The number of hydrogen-bond donors (Lipinski definition) is 1. The molecule has 0 amide bonds. The van der Waals surface area contributed by atoms with Gasteiger partial charge in [0, 0.05) is 36.8 Å². The van der Waals surface area contributed by atoms with Crippen LogP contribution in [0.15, 0.2) is 24.3 Å². The van der Waals surface area contributed by atoms with Gasteiger partial charge in [0.2, 0.25) is 0 Å². The molecule has 0 aromatic heterocycles. The molecule has 1 atom stereocenters. The predicted octanol–water partition coefficient (Wildman–Crippen LogP) is 2.83. The predicted molar refractivity (Wildman–Crippen MR) is 79.7 cm³/mol. The molecule has 0 spiro atoms. The zero-order valence-electron chi connectivity index (χ0n) is 12.6. The maximum absolute atomic E-state index is 5.77. The molecule has 19 heavy (non-hydrogen) atoms. The van der Waals surface area contributed by atoms with Crippen LogP contribution in [0.1, 0.15) is 39.3 Å². The van der Waals surface area contributed by atoms with Gasteiger partial charge in [0.25, 0.3) is 0 Å². The molecule has 2 rings (SSSR count). The van der Waals surface area contributed by atoms with Crippen molar-refractivity contribution in [3.63, 3.8) is 0 Å². The molecule has 106 valence electrons. The highest BCUT2D eigenvalue weighted by Gasteiger charge is 2.34.